The fraction of sp³-hybridized carbons (Fsp3) is 0.385. The van der Waals surface area contributed by atoms with Gasteiger partial charge in [-0.3, -0.25) is 4.79 Å². The highest BCUT2D eigenvalue weighted by Gasteiger charge is 2.24. The van der Waals surface area contributed by atoms with Crippen molar-refractivity contribution in [2.45, 2.75) is 19.9 Å². The van der Waals surface area contributed by atoms with Crippen molar-refractivity contribution in [2.24, 2.45) is 0 Å². The van der Waals surface area contributed by atoms with Crippen LogP contribution in [-0.4, -0.2) is 30.4 Å². The molecule has 0 radical (unpaired) electrons. The van der Waals surface area contributed by atoms with Crippen LogP contribution in [0.1, 0.15) is 25.5 Å². The summed E-state index contributed by atoms with van der Waals surface area (Å²) < 4.78 is 4.68. The molecule has 0 N–H and O–H groups in total. The van der Waals surface area contributed by atoms with Gasteiger partial charge in [-0.1, -0.05) is 23.7 Å². The molecule has 0 saturated heterocycles. The molecule has 1 aromatic carbocycles. The van der Waals surface area contributed by atoms with Gasteiger partial charge in [-0.15, -0.1) is 0 Å². The van der Waals surface area contributed by atoms with E-state index in [1.54, 1.807) is 32.2 Å². The van der Waals surface area contributed by atoms with E-state index in [-0.39, 0.29) is 12.6 Å². The van der Waals surface area contributed by atoms with Gasteiger partial charge in [0.1, 0.15) is 0 Å². The Morgan fingerprint density at radius 2 is 2.11 bits per heavy atom. The fourth-order valence-electron chi connectivity index (χ4n) is 1.50. The number of carbonyl (C=O) groups excluding carboxylic acids is 2. The van der Waals surface area contributed by atoms with Crippen LogP contribution < -0.4 is 0 Å². The van der Waals surface area contributed by atoms with E-state index in [0.29, 0.717) is 5.02 Å². The van der Waals surface area contributed by atoms with Gasteiger partial charge in [-0.25, -0.2) is 4.79 Å². The number of amides is 1. The lowest BCUT2D eigenvalue weighted by Gasteiger charge is -2.24. The number of nitrogens with zero attached hydrogens (tertiary/aromatic N) is 1. The lowest BCUT2D eigenvalue weighted by molar-refractivity contribution is -0.160. The van der Waals surface area contributed by atoms with Crippen molar-refractivity contribution < 1.29 is 14.3 Å². The number of esters is 1. The molecule has 1 atom stereocenters. The smallest absolute Gasteiger partial charge is 0.397 e. The van der Waals surface area contributed by atoms with Gasteiger partial charge in [0.25, 0.3) is 0 Å². The summed E-state index contributed by atoms with van der Waals surface area (Å²) in [4.78, 5) is 24.4. The van der Waals surface area contributed by atoms with Gasteiger partial charge in [0, 0.05) is 12.1 Å². The maximum Gasteiger partial charge on any atom is 0.397 e. The van der Waals surface area contributed by atoms with Crippen molar-refractivity contribution in [1.82, 2.24) is 4.90 Å². The molecule has 98 valence electrons. The van der Waals surface area contributed by atoms with Crippen molar-refractivity contribution in [2.75, 3.05) is 13.7 Å². The second-order valence-electron chi connectivity index (χ2n) is 3.87. The molecule has 18 heavy (non-hydrogen) atoms. The number of halogens is 1. The Kier molecular flexibility index (Phi) is 5.16. The molecule has 0 aliphatic carbocycles. The lowest BCUT2D eigenvalue weighted by atomic mass is 10.1. The van der Waals surface area contributed by atoms with Crippen molar-refractivity contribution >= 4 is 23.5 Å². The summed E-state index contributed by atoms with van der Waals surface area (Å²) in [5.74, 6) is -1.50. The molecule has 4 nitrogen and oxygen atoms in total. The first-order chi connectivity index (χ1) is 8.47. The standard InChI is InChI=1S/C13H16ClNO3/c1-4-18-13(17)12(16)15(3)9(2)10-6-5-7-11(14)8-10/h5-9H,4H2,1-3H3. The predicted octanol–water partition coefficient (Wildman–Crippen LogP) is 2.42. The Morgan fingerprint density at radius 3 is 2.67 bits per heavy atom. The zero-order valence-electron chi connectivity index (χ0n) is 10.6. The molecule has 1 unspecified atom stereocenters. The second-order valence-corrected chi connectivity index (χ2v) is 4.30. The van der Waals surface area contributed by atoms with E-state index in [0.717, 1.165) is 5.56 Å². The second kappa shape index (κ2) is 6.40. The Balaban J connectivity index is 2.80. The number of ether oxygens (including phenoxy) is 1. The van der Waals surface area contributed by atoms with E-state index in [9.17, 15) is 9.59 Å². The highest BCUT2D eigenvalue weighted by Crippen LogP contribution is 2.21. The van der Waals surface area contributed by atoms with Crippen LogP contribution in [0.15, 0.2) is 24.3 Å². The van der Waals surface area contributed by atoms with E-state index in [1.807, 2.05) is 13.0 Å². The molecule has 1 amide bonds. The van der Waals surface area contributed by atoms with Crippen molar-refractivity contribution in [3.05, 3.63) is 34.9 Å². The molecule has 1 aromatic rings. The van der Waals surface area contributed by atoms with Crippen molar-refractivity contribution in [3.8, 4) is 0 Å². The highest BCUT2D eigenvalue weighted by atomic mass is 35.5. The molecule has 0 saturated carbocycles. The molecule has 0 aliphatic rings. The van der Waals surface area contributed by atoms with E-state index in [1.165, 1.54) is 4.90 Å². The van der Waals surface area contributed by atoms with Gasteiger partial charge < -0.3 is 9.64 Å². The van der Waals surface area contributed by atoms with Gasteiger partial charge in [0.2, 0.25) is 0 Å². The minimum atomic E-state index is -0.839. The van der Waals surface area contributed by atoms with Crippen LogP contribution in [0.5, 0.6) is 0 Å². The van der Waals surface area contributed by atoms with Gasteiger partial charge >= 0.3 is 11.9 Å². The van der Waals surface area contributed by atoms with Crippen LogP contribution in [0.2, 0.25) is 5.02 Å². The van der Waals surface area contributed by atoms with E-state index >= 15 is 0 Å². The van der Waals surface area contributed by atoms with Crippen LogP contribution in [0, 0.1) is 0 Å². The minimum absolute atomic E-state index is 0.184. The predicted molar refractivity (Wildman–Crippen MR) is 69.3 cm³/mol. The first-order valence-electron chi connectivity index (χ1n) is 5.66. The summed E-state index contributed by atoms with van der Waals surface area (Å²) in [6.07, 6.45) is 0. The quantitative estimate of drug-likeness (QED) is 0.625. The van der Waals surface area contributed by atoms with Gasteiger partial charge in [0.15, 0.2) is 0 Å². The van der Waals surface area contributed by atoms with E-state index in [2.05, 4.69) is 4.74 Å². The third-order valence-corrected chi connectivity index (χ3v) is 2.92. The normalized spacial score (nSPS) is 11.8. The number of likely N-dealkylation sites (N-methyl/N-ethyl adjacent to an activating group) is 1. The van der Waals surface area contributed by atoms with Gasteiger partial charge in [-0.2, -0.15) is 0 Å². The number of hydrogen-bond acceptors (Lipinski definition) is 3. The Labute approximate surface area is 111 Å². The third kappa shape index (κ3) is 3.47. The third-order valence-electron chi connectivity index (χ3n) is 2.68. The van der Waals surface area contributed by atoms with E-state index < -0.39 is 11.9 Å². The summed E-state index contributed by atoms with van der Waals surface area (Å²) in [7, 11) is 1.56. The highest BCUT2D eigenvalue weighted by molar-refractivity contribution is 6.32. The topological polar surface area (TPSA) is 46.6 Å². The number of hydrogen-bond donors (Lipinski definition) is 0. The zero-order chi connectivity index (χ0) is 13.7. The summed E-state index contributed by atoms with van der Waals surface area (Å²) >= 11 is 5.89. The van der Waals surface area contributed by atoms with Crippen LogP contribution in [0.25, 0.3) is 0 Å². The Bertz CT molecular complexity index is 448. The first-order valence-corrected chi connectivity index (χ1v) is 6.04. The van der Waals surface area contributed by atoms with E-state index in [4.69, 9.17) is 11.6 Å². The van der Waals surface area contributed by atoms with Crippen LogP contribution in [0.4, 0.5) is 0 Å². The van der Waals surface area contributed by atoms with Crippen LogP contribution in [-0.2, 0) is 14.3 Å². The molecule has 5 heteroatoms. The Morgan fingerprint density at radius 1 is 1.44 bits per heavy atom. The molecule has 0 aromatic heterocycles. The van der Waals surface area contributed by atoms with Gasteiger partial charge in [0.05, 0.1) is 12.6 Å². The van der Waals surface area contributed by atoms with Gasteiger partial charge in [-0.05, 0) is 31.5 Å². The van der Waals surface area contributed by atoms with Crippen LogP contribution in [0.3, 0.4) is 0 Å². The van der Waals surface area contributed by atoms with Crippen LogP contribution >= 0.6 is 11.6 Å². The lowest BCUT2D eigenvalue weighted by Crippen LogP contribution is -2.36. The maximum atomic E-state index is 11.8. The van der Waals surface area contributed by atoms with Crippen molar-refractivity contribution in [3.63, 3.8) is 0 Å². The molecule has 0 aliphatic heterocycles. The zero-order valence-corrected chi connectivity index (χ0v) is 11.4. The molecule has 0 spiro atoms. The average molecular weight is 270 g/mol. The number of rotatable bonds is 3. The summed E-state index contributed by atoms with van der Waals surface area (Å²) in [5, 5.41) is 0.594. The maximum absolute atomic E-state index is 11.8. The monoisotopic (exact) mass is 269 g/mol. The largest absolute Gasteiger partial charge is 0.459 e. The number of benzene rings is 1. The SMILES string of the molecule is CCOC(=O)C(=O)N(C)C(C)c1cccc(Cl)c1. The molecule has 0 bridgehead atoms. The minimum Gasteiger partial charge on any atom is -0.459 e. The van der Waals surface area contributed by atoms with Crippen molar-refractivity contribution in [1.29, 1.82) is 0 Å². The Hall–Kier alpha value is -1.55. The molecule has 0 fully saturated rings. The summed E-state index contributed by atoms with van der Waals surface area (Å²) in [6.45, 7) is 3.67. The molecule has 0 heterocycles. The number of carbonyl (C=O) groups is 2. The first kappa shape index (κ1) is 14.5. The molecular formula is C13H16ClNO3. The fourth-order valence-corrected chi connectivity index (χ4v) is 1.70. The molecular weight excluding hydrogens is 254 g/mol. The summed E-state index contributed by atoms with van der Waals surface area (Å²) in [6, 6.07) is 6.93. The summed E-state index contributed by atoms with van der Waals surface area (Å²) in [5.41, 5.74) is 0.864. The molecule has 1 rings (SSSR count). The average Bonchev–Trinajstić information content (AvgIpc) is 2.36.